The number of fused-ring (bicyclic) bond motifs is 1. The quantitative estimate of drug-likeness (QED) is 0.662. The molecule has 1 amide bonds. The van der Waals surface area contributed by atoms with E-state index in [4.69, 9.17) is 0 Å². The van der Waals surface area contributed by atoms with Crippen molar-refractivity contribution in [3.05, 3.63) is 35.3 Å². The number of para-hydroxylation sites is 1. The number of amides is 1. The molecule has 1 aromatic carbocycles. The minimum Gasteiger partial charge on any atom is -0.353 e. The van der Waals surface area contributed by atoms with Gasteiger partial charge in [-0.15, -0.1) is 11.3 Å². The van der Waals surface area contributed by atoms with E-state index in [1.165, 1.54) is 0 Å². The summed E-state index contributed by atoms with van der Waals surface area (Å²) in [5.74, 6) is -0.0530. The third kappa shape index (κ3) is 3.40. The molecule has 0 spiro atoms. The third-order valence-electron chi connectivity index (χ3n) is 2.52. The summed E-state index contributed by atoms with van der Waals surface area (Å²) in [6.45, 7) is 2.84. The monoisotopic (exact) mass is 260 g/mol. The zero-order valence-corrected chi connectivity index (χ0v) is 11.2. The van der Waals surface area contributed by atoms with Crippen LogP contribution in [-0.4, -0.2) is 17.4 Å². The van der Waals surface area contributed by atoms with Gasteiger partial charge < -0.3 is 5.32 Å². The second-order valence-corrected chi connectivity index (χ2v) is 5.06. The van der Waals surface area contributed by atoms with Crippen LogP contribution in [0.15, 0.2) is 30.3 Å². The van der Waals surface area contributed by atoms with Crippen molar-refractivity contribution in [2.24, 2.45) is 0 Å². The first-order valence-electron chi connectivity index (χ1n) is 6.11. The molecule has 94 valence electrons. The largest absolute Gasteiger partial charge is 0.353 e. The lowest BCUT2D eigenvalue weighted by molar-refractivity contribution is -0.116. The minimum absolute atomic E-state index is 0.0530. The number of hydrogen-bond donors (Lipinski definition) is 1. The van der Waals surface area contributed by atoms with Crippen molar-refractivity contribution in [1.29, 1.82) is 0 Å². The number of nitrogens with zero attached hydrogens (tertiary/aromatic N) is 1. The van der Waals surface area contributed by atoms with Gasteiger partial charge >= 0.3 is 0 Å². The fourth-order valence-electron chi connectivity index (χ4n) is 1.56. The van der Waals surface area contributed by atoms with Gasteiger partial charge in [0.25, 0.3) is 0 Å². The maximum absolute atomic E-state index is 11.5. The summed E-state index contributed by atoms with van der Waals surface area (Å²) < 4.78 is 1.14. The van der Waals surface area contributed by atoms with Crippen molar-refractivity contribution >= 4 is 33.5 Å². The molecule has 0 fully saturated rings. The molecule has 0 saturated heterocycles. The van der Waals surface area contributed by atoms with E-state index in [0.717, 1.165) is 34.6 Å². The Morgan fingerprint density at radius 1 is 1.44 bits per heavy atom. The molecule has 4 heteroatoms. The summed E-state index contributed by atoms with van der Waals surface area (Å²) in [4.78, 5) is 15.9. The van der Waals surface area contributed by atoms with Crippen LogP contribution in [0.5, 0.6) is 0 Å². The lowest BCUT2D eigenvalue weighted by atomic mass is 10.3. The Morgan fingerprint density at radius 2 is 2.28 bits per heavy atom. The SMILES string of the molecule is CCCCNC(=O)C=Cc1nc2ccccc2s1. The molecule has 0 aliphatic carbocycles. The predicted molar refractivity (Wildman–Crippen MR) is 76.6 cm³/mol. The molecule has 1 aromatic heterocycles. The Kier molecular flexibility index (Phi) is 4.47. The van der Waals surface area contributed by atoms with Crippen molar-refractivity contribution in [2.45, 2.75) is 19.8 Å². The van der Waals surface area contributed by atoms with Crippen molar-refractivity contribution in [2.75, 3.05) is 6.54 Å². The van der Waals surface area contributed by atoms with Crippen LogP contribution in [0.3, 0.4) is 0 Å². The molecule has 3 nitrogen and oxygen atoms in total. The van der Waals surface area contributed by atoms with Gasteiger partial charge in [-0.3, -0.25) is 4.79 Å². The molecule has 0 atom stereocenters. The van der Waals surface area contributed by atoms with E-state index in [9.17, 15) is 4.79 Å². The van der Waals surface area contributed by atoms with Gasteiger partial charge in [0.2, 0.25) is 5.91 Å². The van der Waals surface area contributed by atoms with Crippen molar-refractivity contribution < 1.29 is 4.79 Å². The van der Waals surface area contributed by atoms with E-state index >= 15 is 0 Å². The van der Waals surface area contributed by atoms with E-state index < -0.39 is 0 Å². The first kappa shape index (κ1) is 12.8. The normalized spacial score (nSPS) is 11.2. The molecule has 1 N–H and O–H groups in total. The molecule has 1 heterocycles. The van der Waals surface area contributed by atoms with E-state index in [0.29, 0.717) is 0 Å². The number of nitrogens with one attached hydrogen (secondary N) is 1. The summed E-state index contributed by atoms with van der Waals surface area (Å²) in [5, 5.41) is 3.70. The molecule has 0 aliphatic heterocycles. The number of rotatable bonds is 5. The van der Waals surface area contributed by atoms with Crippen molar-refractivity contribution in [1.82, 2.24) is 10.3 Å². The topological polar surface area (TPSA) is 42.0 Å². The van der Waals surface area contributed by atoms with Gasteiger partial charge in [-0.2, -0.15) is 0 Å². The highest BCUT2D eigenvalue weighted by atomic mass is 32.1. The van der Waals surface area contributed by atoms with Gasteiger partial charge in [-0.05, 0) is 24.6 Å². The number of benzene rings is 1. The molecule has 0 bridgehead atoms. The number of carbonyl (C=O) groups excluding carboxylic acids is 1. The second kappa shape index (κ2) is 6.31. The summed E-state index contributed by atoms with van der Waals surface area (Å²) in [6.07, 6.45) is 5.42. The van der Waals surface area contributed by atoms with E-state index in [2.05, 4.69) is 17.2 Å². The van der Waals surface area contributed by atoms with Crippen LogP contribution in [0.2, 0.25) is 0 Å². The molecule has 2 rings (SSSR count). The third-order valence-corrected chi connectivity index (χ3v) is 3.52. The summed E-state index contributed by atoms with van der Waals surface area (Å²) in [5.41, 5.74) is 0.980. The van der Waals surface area contributed by atoms with Crippen LogP contribution >= 0.6 is 11.3 Å². The molecule has 18 heavy (non-hydrogen) atoms. The van der Waals surface area contributed by atoms with Gasteiger partial charge in [0.1, 0.15) is 5.01 Å². The summed E-state index contributed by atoms with van der Waals surface area (Å²) in [7, 11) is 0. The Hall–Kier alpha value is -1.68. The van der Waals surface area contributed by atoms with Crippen LogP contribution in [-0.2, 0) is 4.79 Å². The van der Waals surface area contributed by atoms with E-state index in [1.807, 2.05) is 24.3 Å². The van der Waals surface area contributed by atoms with Crippen LogP contribution in [0.1, 0.15) is 24.8 Å². The first-order chi connectivity index (χ1) is 8.79. The van der Waals surface area contributed by atoms with Crippen LogP contribution in [0.4, 0.5) is 0 Å². The van der Waals surface area contributed by atoms with Crippen LogP contribution in [0.25, 0.3) is 16.3 Å². The summed E-state index contributed by atoms with van der Waals surface area (Å²) in [6, 6.07) is 7.97. The number of hydrogen-bond acceptors (Lipinski definition) is 3. The van der Waals surface area contributed by atoms with E-state index in [1.54, 1.807) is 23.5 Å². The molecule has 0 unspecified atom stereocenters. The van der Waals surface area contributed by atoms with Crippen LogP contribution < -0.4 is 5.32 Å². The van der Waals surface area contributed by atoms with Crippen molar-refractivity contribution in [3.8, 4) is 0 Å². The van der Waals surface area contributed by atoms with Gasteiger partial charge in [0, 0.05) is 12.6 Å². The molecule has 0 radical (unpaired) electrons. The lowest BCUT2D eigenvalue weighted by Crippen LogP contribution is -2.21. The standard InChI is InChI=1S/C14H16N2OS/c1-2-3-10-15-13(17)8-9-14-16-11-6-4-5-7-12(11)18-14/h4-9H,2-3,10H2,1H3,(H,15,17). The lowest BCUT2D eigenvalue weighted by Gasteiger charge is -1.98. The van der Waals surface area contributed by atoms with Gasteiger partial charge in [0.15, 0.2) is 0 Å². The fourth-order valence-corrected chi connectivity index (χ4v) is 2.43. The highest BCUT2D eigenvalue weighted by molar-refractivity contribution is 7.19. The summed E-state index contributed by atoms with van der Waals surface area (Å²) >= 11 is 1.59. The molecular formula is C14H16N2OS. The average Bonchev–Trinajstić information content (AvgIpc) is 2.79. The molecule has 0 aliphatic rings. The number of carbonyl (C=O) groups is 1. The molecule has 2 aromatic rings. The minimum atomic E-state index is -0.0530. The second-order valence-electron chi connectivity index (χ2n) is 4.00. The first-order valence-corrected chi connectivity index (χ1v) is 6.92. The number of unbranched alkanes of at least 4 members (excludes halogenated alkanes) is 1. The highest BCUT2D eigenvalue weighted by Crippen LogP contribution is 2.22. The Labute approximate surface area is 111 Å². The average molecular weight is 260 g/mol. The molecular weight excluding hydrogens is 244 g/mol. The number of aromatic nitrogens is 1. The Bertz CT molecular complexity index is 527. The van der Waals surface area contributed by atoms with Gasteiger partial charge in [0.05, 0.1) is 10.2 Å². The molecule has 0 saturated carbocycles. The maximum Gasteiger partial charge on any atom is 0.244 e. The van der Waals surface area contributed by atoms with Crippen LogP contribution in [0, 0.1) is 0 Å². The Morgan fingerprint density at radius 3 is 3.06 bits per heavy atom. The van der Waals surface area contributed by atoms with Gasteiger partial charge in [-0.1, -0.05) is 25.5 Å². The predicted octanol–water partition coefficient (Wildman–Crippen LogP) is 3.23. The number of thiazole rings is 1. The maximum atomic E-state index is 11.5. The van der Waals surface area contributed by atoms with Crippen molar-refractivity contribution in [3.63, 3.8) is 0 Å². The highest BCUT2D eigenvalue weighted by Gasteiger charge is 2.00. The fraction of sp³-hybridized carbons (Fsp3) is 0.286. The van der Waals surface area contributed by atoms with E-state index in [-0.39, 0.29) is 5.91 Å². The smallest absolute Gasteiger partial charge is 0.244 e. The zero-order valence-electron chi connectivity index (χ0n) is 10.3. The Balaban J connectivity index is 1.98. The van der Waals surface area contributed by atoms with Gasteiger partial charge in [-0.25, -0.2) is 4.98 Å². The zero-order chi connectivity index (χ0) is 12.8.